The summed E-state index contributed by atoms with van der Waals surface area (Å²) in [7, 11) is 1.34. The van der Waals surface area contributed by atoms with Crippen molar-refractivity contribution in [3.63, 3.8) is 0 Å². The number of nitrogens with one attached hydrogen (secondary N) is 1. The summed E-state index contributed by atoms with van der Waals surface area (Å²) < 4.78 is 5.97. The van der Waals surface area contributed by atoms with Crippen LogP contribution in [0.25, 0.3) is 0 Å². The topological polar surface area (TPSA) is 73.2 Å². The van der Waals surface area contributed by atoms with Gasteiger partial charge in [0.05, 0.1) is 13.5 Å². The lowest BCUT2D eigenvalue weighted by atomic mass is 10.4. The van der Waals surface area contributed by atoms with Gasteiger partial charge in [0, 0.05) is 19.3 Å². The van der Waals surface area contributed by atoms with Crippen LogP contribution in [0.2, 0.25) is 0 Å². The van der Waals surface area contributed by atoms with Gasteiger partial charge in [-0.25, -0.2) is 4.79 Å². The molecular formula is C10H15N3O3. The van der Waals surface area contributed by atoms with Gasteiger partial charge in [0.15, 0.2) is 0 Å². The van der Waals surface area contributed by atoms with Gasteiger partial charge >= 0.3 is 11.7 Å². The zero-order valence-electron chi connectivity index (χ0n) is 9.40. The molecule has 0 aliphatic carbocycles. The zero-order chi connectivity index (χ0) is 12.0. The molecule has 88 valence electrons. The van der Waals surface area contributed by atoms with Crippen molar-refractivity contribution in [3.8, 4) is 0 Å². The number of hydrogen-bond acceptors (Lipinski definition) is 5. The van der Waals surface area contributed by atoms with Crippen LogP contribution in [0, 0.1) is 0 Å². The lowest BCUT2D eigenvalue weighted by Gasteiger charge is -2.05. The Morgan fingerprint density at radius 3 is 2.94 bits per heavy atom. The minimum Gasteiger partial charge on any atom is -0.469 e. The van der Waals surface area contributed by atoms with E-state index in [1.807, 2.05) is 6.92 Å². The fourth-order valence-electron chi connectivity index (χ4n) is 1.16. The van der Waals surface area contributed by atoms with E-state index in [1.54, 1.807) is 12.3 Å². The first kappa shape index (κ1) is 12.2. The molecule has 0 aromatic carbocycles. The van der Waals surface area contributed by atoms with E-state index < -0.39 is 0 Å². The largest absolute Gasteiger partial charge is 0.469 e. The van der Waals surface area contributed by atoms with Crippen molar-refractivity contribution in [1.29, 1.82) is 0 Å². The quantitative estimate of drug-likeness (QED) is 0.726. The third-order valence-corrected chi connectivity index (χ3v) is 2.08. The first-order chi connectivity index (χ1) is 7.67. The van der Waals surface area contributed by atoms with Crippen molar-refractivity contribution < 1.29 is 9.53 Å². The predicted octanol–water partition coefficient (Wildman–Crippen LogP) is 0.238. The van der Waals surface area contributed by atoms with Crippen LogP contribution in [0.5, 0.6) is 0 Å². The lowest BCUT2D eigenvalue weighted by Crippen LogP contribution is -2.23. The molecule has 16 heavy (non-hydrogen) atoms. The molecule has 1 rings (SSSR count). The molecule has 1 aromatic heterocycles. The summed E-state index contributed by atoms with van der Waals surface area (Å²) in [6.07, 6.45) is 1.91. The Balaban J connectivity index is 2.52. The monoisotopic (exact) mass is 225 g/mol. The SMILES string of the molecule is CCn1ccc(NCCC(=O)OC)nc1=O. The molecule has 0 spiro atoms. The van der Waals surface area contributed by atoms with Crippen molar-refractivity contribution in [2.75, 3.05) is 19.0 Å². The average molecular weight is 225 g/mol. The third-order valence-electron chi connectivity index (χ3n) is 2.08. The van der Waals surface area contributed by atoms with Gasteiger partial charge in [-0.05, 0) is 13.0 Å². The highest BCUT2D eigenvalue weighted by atomic mass is 16.5. The van der Waals surface area contributed by atoms with Crippen LogP contribution in [0.3, 0.4) is 0 Å². The highest BCUT2D eigenvalue weighted by molar-refractivity contribution is 5.69. The number of nitrogens with zero attached hydrogens (tertiary/aromatic N) is 2. The molecule has 1 aromatic rings. The summed E-state index contributed by atoms with van der Waals surface area (Å²) >= 11 is 0. The minimum absolute atomic E-state index is 0.245. The number of hydrogen-bond donors (Lipinski definition) is 1. The molecule has 0 aliphatic rings. The predicted molar refractivity (Wildman–Crippen MR) is 59.3 cm³/mol. The molecule has 0 aliphatic heterocycles. The summed E-state index contributed by atoms with van der Waals surface area (Å²) in [4.78, 5) is 26.0. The van der Waals surface area contributed by atoms with Crippen LogP contribution in [0.15, 0.2) is 17.1 Å². The van der Waals surface area contributed by atoms with Crippen LogP contribution in [-0.4, -0.2) is 29.2 Å². The molecule has 0 amide bonds. The summed E-state index contributed by atoms with van der Waals surface area (Å²) in [5, 5.41) is 2.88. The van der Waals surface area contributed by atoms with Crippen LogP contribution in [-0.2, 0) is 16.1 Å². The maximum Gasteiger partial charge on any atom is 0.349 e. The van der Waals surface area contributed by atoms with Crippen molar-refractivity contribution in [3.05, 3.63) is 22.7 Å². The zero-order valence-corrected chi connectivity index (χ0v) is 9.40. The molecule has 0 fully saturated rings. The van der Waals surface area contributed by atoms with Gasteiger partial charge in [-0.15, -0.1) is 0 Å². The van der Waals surface area contributed by atoms with E-state index in [1.165, 1.54) is 11.7 Å². The van der Waals surface area contributed by atoms with Gasteiger partial charge < -0.3 is 10.1 Å². The number of aryl methyl sites for hydroxylation is 1. The van der Waals surface area contributed by atoms with Gasteiger partial charge in [0.2, 0.25) is 0 Å². The maximum atomic E-state index is 11.3. The molecule has 0 atom stereocenters. The van der Waals surface area contributed by atoms with Crippen LogP contribution < -0.4 is 11.0 Å². The van der Waals surface area contributed by atoms with Gasteiger partial charge in [-0.2, -0.15) is 4.98 Å². The standard InChI is InChI=1S/C10H15N3O3/c1-3-13-7-5-8(12-10(13)15)11-6-4-9(14)16-2/h5,7H,3-4,6H2,1-2H3,(H,11,12,15). The summed E-state index contributed by atoms with van der Waals surface area (Å²) in [6.45, 7) is 2.86. The summed E-state index contributed by atoms with van der Waals surface area (Å²) in [6, 6.07) is 1.70. The molecule has 6 nitrogen and oxygen atoms in total. The van der Waals surface area contributed by atoms with E-state index in [4.69, 9.17) is 0 Å². The van der Waals surface area contributed by atoms with E-state index in [2.05, 4.69) is 15.0 Å². The number of carbonyl (C=O) groups excluding carboxylic acids is 1. The molecule has 1 N–H and O–H groups in total. The molecule has 0 bridgehead atoms. The molecule has 0 radical (unpaired) electrons. The van der Waals surface area contributed by atoms with Gasteiger partial charge in [0.25, 0.3) is 0 Å². The third kappa shape index (κ3) is 3.38. The van der Waals surface area contributed by atoms with E-state index in [0.717, 1.165) is 0 Å². The first-order valence-electron chi connectivity index (χ1n) is 5.05. The molecule has 0 saturated carbocycles. The average Bonchev–Trinajstić information content (AvgIpc) is 2.29. The van der Waals surface area contributed by atoms with Crippen molar-refractivity contribution in [2.45, 2.75) is 19.9 Å². The van der Waals surface area contributed by atoms with Gasteiger partial charge in [-0.1, -0.05) is 0 Å². The van der Waals surface area contributed by atoms with E-state index in [9.17, 15) is 9.59 Å². The number of aromatic nitrogens is 2. The highest BCUT2D eigenvalue weighted by Gasteiger charge is 2.01. The van der Waals surface area contributed by atoms with Crippen molar-refractivity contribution >= 4 is 11.8 Å². The Labute approximate surface area is 93.3 Å². The Bertz CT molecular complexity index is 414. The second-order valence-corrected chi connectivity index (χ2v) is 3.13. The van der Waals surface area contributed by atoms with E-state index in [0.29, 0.717) is 18.9 Å². The number of carbonyl (C=O) groups is 1. The van der Waals surface area contributed by atoms with Crippen LogP contribution in [0.1, 0.15) is 13.3 Å². The number of ether oxygens (including phenoxy) is 1. The molecule has 6 heteroatoms. The minimum atomic E-state index is -0.300. The summed E-state index contributed by atoms with van der Waals surface area (Å²) in [5.74, 6) is 0.174. The lowest BCUT2D eigenvalue weighted by molar-refractivity contribution is -0.140. The second kappa shape index (κ2) is 5.89. The molecule has 0 saturated heterocycles. The van der Waals surface area contributed by atoms with Crippen LogP contribution >= 0.6 is 0 Å². The summed E-state index contributed by atoms with van der Waals surface area (Å²) in [5.41, 5.74) is -0.300. The maximum absolute atomic E-state index is 11.3. The fourth-order valence-corrected chi connectivity index (χ4v) is 1.16. The van der Waals surface area contributed by atoms with Crippen LogP contribution in [0.4, 0.5) is 5.82 Å². The normalized spacial score (nSPS) is 9.88. The Hall–Kier alpha value is -1.85. The number of anilines is 1. The molecule has 1 heterocycles. The van der Waals surface area contributed by atoms with Gasteiger partial charge in [-0.3, -0.25) is 9.36 Å². The van der Waals surface area contributed by atoms with Gasteiger partial charge in [0.1, 0.15) is 5.82 Å². The Morgan fingerprint density at radius 1 is 1.62 bits per heavy atom. The first-order valence-corrected chi connectivity index (χ1v) is 5.05. The molecule has 0 unspecified atom stereocenters. The van der Waals surface area contributed by atoms with E-state index in [-0.39, 0.29) is 18.1 Å². The Kier molecular flexibility index (Phi) is 4.50. The molecular weight excluding hydrogens is 210 g/mol. The highest BCUT2D eigenvalue weighted by Crippen LogP contribution is 1.97. The Morgan fingerprint density at radius 2 is 2.38 bits per heavy atom. The fraction of sp³-hybridized carbons (Fsp3) is 0.500. The smallest absolute Gasteiger partial charge is 0.349 e. The van der Waals surface area contributed by atoms with Crippen molar-refractivity contribution in [2.24, 2.45) is 0 Å². The van der Waals surface area contributed by atoms with Crippen molar-refractivity contribution in [1.82, 2.24) is 9.55 Å². The van der Waals surface area contributed by atoms with E-state index >= 15 is 0 Å². The number of rotatable bonds is 5. The second-order valence-electron chi connectivity index (χ2n) is 3.13. The number of esters is 1. The number of methoxy groups -OCH3 is 1.